The standard InChI is InChI=1S/C3H8N2O3/c4-1-3(6)2-5(7)8/h3,6H,1-2,4H2/t3-/m0/s1. The Morgan fingerprint density at radius 2 is 2.38 bits per heavy atom. The van der Waals surface area contributed by atoms with Gasteiger partial charge in [-0.05, 0) is 0 Å². The van der Waals surface area contributed by atoms with E-state index in [1.165, 1.54) is 0 Å². The van der Waals surface area contributed by atoms with Crippen LogP contribution in [0.1, 0.15) is 0 Å². The molecule has 0 aromatic carbocycles. The molecule has 0 aliphatic rings. The predicted molar refractivity (Wildman–Crippen MR) is 26.9 cm³/mol. The summed E-state index contributed by atoms with van der Waals surface area (Å²) in [6, 6.07) is 0. The first-order chi connectivity index (χ1) is 3.66. The Morgan fingerprint density at radius 1 is 1.88 bits per heavy atom. The van der Waals surface area contributed by atoms with Gasteiger partial charge in [0.05, 0.1) is 0 Å². The maximum Gasteiger partial charge on any atom is 0.230 e. The summed E-state index contributed by atoms with van der Waals surface area (Å²) in [6.07, 6.45) is -0.995. The molecule has 0 aliphatic heterocycles. The van der Waals surface area contributed by atoms with Crippen LogP contribution in [-0.4, -0.2) is 29.2 Å². The lowest BCUT2D eigenvalue weighted by Crippen LogP contribution is -2.27. The van der Waals surface area contributed by atoms with Gasteiger partial charge in [-0.2, -0.15) is 0 Å². The Bertz CT molecular complexity index is 84.6. The second kappa shape index (κ2) is 3.34. The van der Waals surface area contributed by atoms with Crippen molar-refractivity contribution in [2.45, 2.75) is 6.10 Å². The van der Waals surface area contributed by atoms with Gasteiger partial charge in [0, 0.05) is 11.5 Å². The number of nitro groups is 1. The highest BCUT2D eigenvalue weighted by Gasteiger charge is 2.06. The van der Waals surface area contributed by atoms with Gasteiger partial charge in [0.1, 0.15) is 6.10 Å². The van der Waals surface area contributed by atoms with E-state index >= 15 is 0 Å². The zero-order valence-electron chi connectivity index (χ0n) is 4.28. The van der Waals surface area contributed by atoms with Gasteiger partial charge in [-0.15, -0.1) is 0 Å². The van der Waals surface area contributed by atoms with Crippen LogP contribution in [0.5, 0.6) is 0 Å². The Kier molecular flexibility index (Phi) is 3.05. The van der Waals surface area contributed by atoms with E-state index in [0.29, 0.717) is 0 Å². The van der Waals surface area contributed by atoms with Crippen LogP contribution in [0.25, 0.3) is 0 Å². The fraction of sp³-hybridized carbons (Fsp3) is 1.00. The molecule has 0 heterocycles. The molecular formula is C3H8N2O3. The number of nitrogens with zero attached hydrogens (tertiary/aromatic N) is 1. The minimum atomic E-state index is -0.995. The molecule has 1 atom stereocenters. The molecule has 0 saturated heterocycles. The maximum absolute atomic E-state index is 9.56. The fourth-order valence-corrected chi connectivity index (χ4v) is 0.247. The first kappa shape index (κ1) is 7.32. The van der Waals surface area contributed by atoms with Crippen LogP contribution < -0.4 is 5.73 Å². The molecule has 5 nitrogen and oxygen atoms in total. The average molecular weight is 120 g/mol. The number of nitrogens with two attached hydrogens (primary N) is 1. The van der Waals surface area contributed by atoms with Crippen molar-refractivity contribution in [3.63, 3.8) is 0 Å². The van der Waals surface area contributed by atoms with E-state index in [4.69, 9.17) is 10.8 Å². The number of rotatable bonds is 3. The van der Waals surface area contributed by atoms with Crippen LogP contribution in [0.3, 0.4) is 0 Å². The van der Waals surface area contributed by atoms with Crippen molar-refractivity contribution >= 4 is 0 Å². The lowest BCUT2D eigenvalue weighted by atomic mass is 10.4. The predicted octanol–water partition coefficient (Wildman–Crippen LogP) is -1.42. The SMILES string of the molecule is NC[C@H](O)C[N+](=O)[O-]. The van der Waals surface area contributed by atoms with E-state index in [1.807, 2.05) is 0 Å². The van der Waals surface area contributed by atoms with Gasteiger partial charge < -0.3 is 10.8 Å². The van der Waals surface area contributed by atoms with Crippen molar-refractivity contribution in [3.05, 3.63) is 10.1 Å². The van der Waals surface area contributed by atoms with Crippen molar-refractivity contribution < 1.29 is 10.0 Å². The quantitative estimate of drug-likeness (QED) is 0.353. The highest BCUT2D eigenvalue weighted by atomic mass is 16.6. The van der Waals surface area contributed by atoms with E-state index in [1.54, 1.807) is 0 Å². The smallest absolute Gasteiger partial charge is 0.230 e. The van der Waals surface area contributed by atoms with E-state index in [0.717, 1.165) is 0 Å². The van der Waals surface area contributed by atoms with E-state index in [2.05, 4.69) is 0 Å². The van der Waals surface area contributed by atoms with E-state index in [-0.39, 0.29) is 6.54 Å². The topological polar surface area (TPSA) is 89.4 Å². The van der Waals surface area contributed by atoms with Crippen molar-refractivity contribution in [1.82, 2.24) is 0 Å². The van der Waals surface area contributed by atoms with Crippen LogP contribution in [0.15, 0.2) is 0 Å². The Morgan fingerprint density at radius 3 is 2.50 bits per heavy atom. The number of aliphatic hydroxyl groups excluding tert-OH is 1. The normalized spacial score (nSPS) is 13.2. The van der Waals surface area contributed by atoms with Gasteiger partial charge in [-0.3, -0.25) is 10.1 Å². The molecule has 0 fully saturated rings. The molecule has 0 radical (unpaired) electrons. The zero-order valence-corrected chi connectivity index (χ0v) is 4.28. The number of hydrogen-bond donors (Lipinski definition) is 2. The molecule has 5 heteroatoms. The average Bonchev–Trinajstić information content (AvgIpc) is 1.65. The Hall–Kier alpha value is -0.680. The molecule has 0 bridgehead atoms. The van der Waals surface area contributed by atoms with Crippen LogP contribution in [0, 0.1) is 10.1 Å². The summed E-state index contributed by atoms with van der Waals surface area (Å²) in [7, 11) is 0. The van der Waals surface area contributed by atoms with Gasteiger partial charge in [-0.1, -0.05) is 0 Å². The summed E-state index contributed by atoms with van der Waals surface area (Å²) < 4.78 is 0. The molecule has 0 rings (SSSR count). The lowest BCUT2D eigenvalue weighted by molar-refractivity contribution is -0.489. The molecule has 8 heavy (non-hydrogen) atoms. The second-order valence-electron chi connectivity index (χ2n) is 1.40. The Labute approximate surface area is 46.3 Å². The minimum absolute atomic E-state index is 0.0546. The third-order valence-corrected chi connectivity index (χ3v) is 0.632. The fourth-order valence-electron chi connectivity index (χ4n) is 0.247. The van der Waals surface area contributed by atoms with Crippen LogP contribution in [-0.2, 0) is 0 Å². The van der Waals surface area contributed by atoms with Crippen LogP contribution in [0.4, 0.5) is 0 Å². The van der Waals surface area contributed by atoms with Crippen molar-refractivity contribution in [3.8, 4) is 0 Å². The van der Waals surface area contributed by atoms with Gasteiger partial charge in [0.25, 0.3) is 0 Å². The molecule has 3 N–H and O–H groups in total. The third-order valence-electron chi connectivity index (χ3n) is 0.632. The van der Waals surface area contributed by atoms with Crippen LogP contribution in [0.2, 0.25) is 0 Å². The van der Waals surface area contributed by atoms with Crippen molar-refractivity contribution in [2.24, 2.45) is 5.73 Å². The summed E-state index contributed by atoms with van der Waals surface area (Å²) in [5.41, 5.74) is 4.87. The summed E-state index contributed by atoms with van der Waals surface area (Å²) in [6.45, 7) is -0.516. The lowest BCUT2D eigenvalue weighted by Gasteiger charge is -1.97. The zero-order chi connectivity index (χ0) is 6.57. The molecule has 0 saturated carbocycles. The molecule has 48 valence electrons. The first-order valence-electron chi connectivity index (χ1n) is 2.16. The van der Waals surface area contributed by atoms with Gasteiger partial charge in [-0.25, -0.2) is 0 Å². The summed E-state index contributed by atoms with van der Waals surface area (Å²) in [5, 5.41) is 18.0. The second-order valence-corrected chi connectivity index (χ2v) is 1.40. The number of hydrogen-bond acceptors (Lipinski definition) is 4. The van der Waals surface area contributed by atoms with Gasteiger partial charge >= 0.3 is 0 Å². The van der Waals surface area contributed by atoms with E-state index in [9.17, 15) is 10.1 Å². The monoisotopic (exact) mass is 120 g/mol. The highest BCUT2D eigenvalue weighted by Crippen LogP contribution is 1.77. The molecule has 0 spiro atoms. The first-order valence-corrected chi connectivity index (χ1v) is 2.16. The van der Waals surface area contributed by atoms with E-state index < -0.39 is 17.6 Å². The molecule has 0 aromatic heterocycles. The third kappa shape index (κ3) is 3.51. The van der Waals surface area contributed by atoms with Gasteiger partial charge in [0.2, 0.25) is 6.54 Å². The molecular weight excluding hydrogens is 112 g/mol. The molecule has 0 aliphatic carbocycles. The molecule has 0 unspecified atom stereocenters. The minimum Gasteiger partial charge on any atom is -0.385 e. The summed E-state index contributed by atoms with van der Waals surface area (Å²) >= 11 is 0. The largest absolute Gasteiger partial charge is 0.385 e. The summed E-state index contributed by atoms with van der Waals surface area (Å²) in [5.74, 6) is 0. The number of aliphatic hydroxyl groups is 1. The highest BCUT2D eigenvalue weighted by molar-refractivity contribution is 4.50. The van der Waals surface area contributed by atoms with Crippen molar-refractivity contribution in [1.29, 1.82) is 0 Å². The van der Waals surface area contributed by atoms with Crippen LogP contribution >= 0.6 is 0 Å². The summed E-state index contributed by atoms with van der Waals surface area (Å²) in [4.78, 5) is 8.96. The molecule has 0 aromatic rings. The maximum atomic E-state index is 9.56. The van der Waals surface area contributed by atoms with Crippen molar-refractivity contribution in [2.75, 3.05) is 13.1 Å². The van der Waals surface area contributed by atoms with Gasteiger partial charge in [0.15, 0.2) is 0 Å². The molecule has 0 amide bonds. The Balaban J connectivity index is 3.24.